The molecular formula is C83H124N6O28. The highest BCUT2D eigenvalue weighted by atomic mass is 16.6. The number of aliphatic hydroxyl groups is 3. The number of ether oxygens (including phenoxy) is 13. The molecule has 654 valence electrons. The quantitative estimate of drug-likeness (QED) is 0.0195. The van der Waals surface area contributed by atoms with Gasteiger partial charge in [-0.25, -0.2) is 19.2 Å². The zero-order valence-electron chi connectivity index (χ0n) is 69.7. The van der Waals surface area contributed by atoms with Crippen molar-refractivity contribution < 1.29 is 134 Å². The number of hydrogen-bond donors (Lipinski definition) is 9. The fraction of sp³-hybridized carbons (Fsp3) is 0.687. The van der Waals surface area contributed by atoms with Crippen LogP contribution in [-0.4, -0.2) is 272 Å². The van der Waals surface area contributed by atoms with Crippen molar-refractivity contribution in [2.75, 3.05) is 120 Å². The molecule has 2 aromatic rings. The maximum absolute atomic E-state index is 15.4. The van der Waals surface area contributed by atoms with Crippen LogP contribution in [0.25, 0.3) is 0 Å². The highest BCUT2D eigenvalue weighted by Gasteiger charge is 2.78. The molecule has 0 radical (unpaired) electrons. The van der Waals surface area contributed by atoms with Gasteiger partial charge in [0, 0.05) is 77.8 Å². The van der Waals surface area contributed by atoms with E-state index in [9.17, 15) is 63.3 Å². The molecule has 6 rings (SSSR count). The van der Waals surface area contributed by atoms with Gasteiger partial charge in [0.2, 0.25) is 35.6 Å². The fourth-order valence-corrected chi connectivity index (χ4v) is 15.1. The monoisotopic (exact) mass is 1650 g/mol. The number of carbonyl (C=O) groups excluding carboxylic acids is 12. The van der Waals surface area contributed by atoms with Crippen LogP contribution in [0.15, 0.2) is 71.8 Å². The summed E-state index contributed by atoms with van der Waals surface area (Å²) in [5.41, 5.74) is -9.35. The van der Waals surface area contributed by atoms with Crippen LogP contribution in [0.4, 0.5) is 4.79 Å². The summed E-state index contributed by atoms with van der Waals surface area (Å²) in [5, 5.41) is 55.3. The predicted octanol–water partition coefficient (Wildman–Crippen LogP) is 4.02. The third kappa shape index (κ3) is 28.4. The van der Waals surface area contributed by atoms with Gasteiger partial charge in [-0.05, 0) is 122 Å². The first-order valence-electron chi connectivity index (χ1n) is 40.2. The Morgan fingerprint density at radius 2 is 1.17 bits per heavy atom. The summed E-state index contributed by atoms with van der Waals surface area (Å²) >= 11 is 0. The van der Waals surface area contributed by atoms with Crippen LogP contribution in [0.1, 0.15) is 175 Å². The number of ketones is 2. The molecule has 1 saturated heterocycles. The van der Waals surface area contributed by atoms with Crippen LogP contribution in [0, 0.1) is 22.7 Å². The number of hydrogen-bond acceptors (Lipinski definition) is 28. The SMILES string of the molecule is COCCOCCOCCC(=O)NCCCCC(NC(=O)CCOCCOCCOC)C(=O)NCCCCC(NC(=O)C(C)CCCCNC(=O)COCC(=O)O[C@H](C(=O)O[C@@H]1C[C@]2(O)[C@H](OC(=O)c3ccccc3)[C@@H]3[C@@](C)(C(=O)[C@@H](O)C(=C1C)C2(C)C)[C@H](O)CC1OC[C@@]13OC(C)=O)[C@H](NC(=O)OC(C)(C)C)c1ccccc1)C(C)=O. The van der Waals surface area contributed by atoms with Gasteiger partial charge in [-0.2, -0.15) is 0 Å². The molecule has 3 fully saturated rings. The Bertz CT molecular complexity index is 3630. The number of Topliss-reactive ketones (excluding diaryl/α,β-unsaturated/α-hetero) is 2. The molecule has 34 heteroatoms. The zero-order chi connectivity index (χ0) is 86.1. The lowest BCUT2D eigenvalue weighted by Gasteiger charge is -2.67. The molecule has 1 aliphatic heterocycles. The molecule has 4 unspecified atom stereocenters. The summed E-state index contributed by atoms with van der Waals surface area (Å²) in [7, 11) is 3.15. The number of esters is 4. The van der Waals surface area contributed by atoms with Crippen LogP contribution >= 0.6 is 0 Å². The topological polar surface area (TPSA) is 458 Å². The summed E-state index contributed by atoms with van der Waals surface area (Å²) in [6.07, 6.45) is -8.72. The normalized spacial score (nSPS) is 23.2. The summed E-state index contributed by atoms with van der Waals surface area (Å²) in [4.78, 5) is 165. The Morgan fingerprint density at radius 1 is 0.624 bits per heavy atom. The number of alkyl carbamates (subject to hydrolysis) is 1. The minimum atomic E-state index is -2.53. The lowest BCUT2D eigenvalue weighted by Crippen LogP contribution is -2.81. The number of methoxy groups -OCH3 is 2. The summed E-state index contributed by atoms with van der Waals surface area (Å²) in [6.45, 7) is 16.9. The minimum absolute atomic E-state index is 0.00447. The first-order valence-corrected chi connectivity index (χ1v) is 40.2. The van der Waals surface area contributed by atoms with Crippen molar-refractivity contribution in [2.24, 2.45) is 22.7 Å². The van der Waals surface area contributed by atoms with Gasteiger partial charge in [0.05, 0.1) is 102 Å². The molecule has 0 aromatic heterocycles. The second-order valence-corrected chi connectivity index (χ2v) is 31.6. The van der Waals surface area contributed by atoms with Crippen molar-refractivity contribution in [3.05, 3.63) is 82.9 Å². The number of unbranched alkanes of at least 4 members (excludes halogenated alkanes) is 3. The maximum Gasteiger partial charge on any atom is 0.408 e. The summed E-state index contributed by atoms with van der Waals surface area (Å²) in [6, 6.07) is 12.2. The van der Waals surface area contributed by atoms with Gasteiger partial charge in [0.15, 0.2) is 17.2 Å². The van der Waals surface area contributed by atoms with E-state index in [2.05, 4.69) is 31.9 Å². The standard InChI is InChI=1S/C83H124N6O28/c1-52(74(99)88-58(54(3)90)30-20-24-36-86-75(100)59(87-64(94)33-38-108-44-46-110-42-40-106-12)31-21-23-34-84-63(93)32-37-107-43-45-109-41-39-105-11)25-19-22-35-85-65(95)49-111-50-66(96)114-70(68(56-26-15-13-16-27-56)89-78(103)117-79(5,6)7)77(102)113-60-48-83(104)73(115-76(101)57-28-17-14-18-29-57)71-81(10,72(98)69(97)67(53(60)2)80(83,8)9)61(92)47-62-82(71,51-112-62)116-55(4)91/h13-18,26-29,52,58-62,68-71,73,92,97,104H,19-25,30-51H2,1-12H3,(H,84,93)(H,85,95)(H,86,100)(H,87,94)(H,88,99)(H,89,103)/t52?,58?,59?,60-,61-,62?,68-,69+,70+,71-,73-,81+,82-,83+/m1/s1. The highest BCUT2D eigenvalue weighted by Crippen LogP contribution is 2.64. The molecule has 14 atom stereocenters. The van der Waals surface area contributed by atoms with Crippen molar-refractivity contribution in [2.45, 2.75) is 224 Å². The van der Waals surface area contributed by atoms with Crippen LogP contribution in [0.5, 0.6) is 0 Å². The first kappa shape index (κ1) is 97.4. The molecule has 2 aromatic carbocycles. The van der Waals surface area contributed by atoms with Crippen molar-refractivity contribution in [1.82, 2.24) is 31.9 Å². The Hall–Kier alpha value is -8.42. The van der Waals surface area contributed by atoms with Gasteiger partial charge in [-0.3, -0.25) is 38.4 Å². The van der Waals surface area contributed by atoms with Crippen LogP contribution in [0.2, 0.25) is 0 Å². The number of fused-ring (bicyclic) bond motifs is 5. The number of nitrogens with one attached hydrogen (secondary N) is 6. The van der Waals surface area contributed by atoms with E-state index in [1.54, 1.807) is 78.3 Å². The predicted molar refractivity (Wildman–Crippen MR) is 419 cm³/mol. The third-order valence-electron chi connectivity index (χ3n) is 21.6. The highest BCUT2D eigenvalue weighted by molar-refractivity contribution is 5.95. The third-order valence-corrected chi connectivity index (χ3v) is 21.6. The molecule has 34 nitrogen and oxygen atoms in total. The molecule has 4 aliphatic rings. The van der Waals surface area contributed by atoms with Crippen LogP contribution < -0.4 is 31.9 Å². The van der Waals surface area contributed by atoms with E-state index in [1.807, 2.05) is 0 Å². The Balaban J connectivity index is 1.03. The van der Waals surface area contributed by atoms with Crippen LogP contribution in [-0.2, 0) is 110 Å². The molecule has 117 heavy (non-hydrogen) atoms. The molecule has 2 bridgehead atoms. The summed E-state index contributed by atoms with van der Waals surface area (Å²) < 4.78 is 73.3. The van der Waals surface area contributed by atoms with Gasteiger partial charge >= 0.3 is 30.0 Å². The molecule has 2 saturated carbocycles. The number of amides is 6. The zero-order valence-corrected chi connectivity index (χ0v) is 69.7. The largest absolute Gasteiger partial charge is 0.455 e. The van der Waals surface area contributed by atoms with E-state index in [0.29, 0.717) is 104 Å². The van der Waals surface area contributed by atoms with Crippen molar-refractivity contribution in [1.29, 1.82) is 0 Å². The average molecular weight is 1650 g/mol. The van der Waals surface area contributed by atoms with Crippen LogP contribution in [0.3, 0.4) is 0 Å². The van der Waals surface area contributed by atoms with Gasteiger partial charge in [0.1, 0.15) is 60.9 Å². The molecule has 9 N–H and O–H groups in total. The number of carbonyl (C=O) groups is 12. The van der Waals surface area contributed by atoms with Crippen molar-refractivity contribution in [3.8, 4) is 0 Å². The van der Waals surface area contributed by atoms with Crippen molar-refractivity contribution in [3.63, 3.8) is 0 Å². The molecule has 0 spiro atoms. The number of aliphatic hydroxyl groups excluding tert-OH is 2. The molecule has 3 aliphatic carbocycles. The smallest absolute Gasteiger partial charge is 0.408 e. The van der Waals surface area contributed by atoms with Crippen molar-refractivity contribution >= 4 is 71.1 Å². The Kier molecular flexibility index (Phi) is 39.5. The van der Waals surface area contributed by atoms with E-state index in [0.717, 1.165) is 6.92 Å². The Labute approximate surface area is 684 Å². The summed E-state index contributed by atoms with van der Waals surface area (Å²) in [5.74, 6) is -9.87. The molecule has 6 amide bonds. The van der Waals surface area contributed by atoms with Gasteiger partial charge < -0.3 is 109 Å². The van der Waals surface area contributed by atoms with E-state index in [4.69, 9.17) is 61.6 Å². The Morgan fingerprint density at radius 3 is 1.74 bits per heavy atom. The number of benzene rings is 2. The maximum atomic E-state index is 15.4. The van der Waals surface area contributed by atoms with E-state index < -0.39 is 161 Å². The van der Waals surface area contributed by atoms with Gasteiger partial charge in [0.25, 0.3) is 0 Å². The fourth-order valence-electron chi connectivity index (χ4n) is 15.1. The lowest BCUT2D eigenvalue weighted by molar-refractivity contribution is -0.346. The lowest BCUT2D eigenvalue weighted by atomic mass is 9.44. The molecule has 1 heterocycles. The van der Waals surface area contributed by atoms with Gasteiger partial charge in [-0.15, -0.1) is 0 Å². The van der Waals surface area contributed by atoms with E-state index in [1.165, 1.54) is 58.9 Å². The second kappa shape index (κ2) is 47.4. The number of rotatable bonds is 51. The average Bonchev–Trinajstić information content (AvgIpc) is 0.669. The van der Waals surface area contributed by atoms with Gasteiger partial charge in [-0.1, -0.05) is 75.7 Å². The second-order valence-electron chi connectivity index (χ2n) is 31.6. The molecular weight excluding hydrogens is 1530 g/mol. The first-order chi connectivity index (χ1) is 55.6. The van der Waals surface area contributed by atoms with E-state index in [-0.39, 0.29) is 111 Å². The van der Waals surface area contributed by atoms with E-state index >= 15 is 9.59 Å². The minimum Gasteiger partial charge on any atom is -0.455 e.